The summed E-state index contributed by atoms with van der Waals surface area (Å²) in [6.45, 7) is 5.72. The summed E-state index contributed by atoms with van der Waals surface area (Å²) in [7, 11) is 1.42. The molecule has 1 aromatic heterocycles. The number of hydrogen-bond donors (Lipinski definition) is 1. The van der Waals surface area contributed by atoms with Crippen LogP contribution < -0.4 is 5.73 Å². The predicted molar refractivity (Wildman–Crippen MR) is 80.8 cm³/mol. The zero-order valence-corrected chi connectivity index (χ0v) is 12.4. The van der Waals surface area contributed by atoms with E-state index in [-0.39, 0.29) is 5.97 Å². The molecule has 0 saturated heterocycles. The Hall–Kier alpha value is -1.81. The topological polar surface area (TPSA) is 57.2 Å². The number of nitrogens with two attached hydrogens (primary N) is 1. The number of fused-ring (bicyclic) bond motifs is 1. The molecule has 0 amide bonds. The zero-order chi connectivity index (χ0) is 14.7. The van der Waals surface area contributed by atoms with Crippen molar-refractivity contribution in [2.24, 2.45) is 5.73 Å². The van der Waals surface area contributed by atoms with Gasteiger partial charge in [-0.1, -0.05) is 11.6 Å². The average molecular weight is 274 g/mol. The fourth-order valence-electron chi connectivity index (χ4n) is 2.71. The Morgan fingerprint density at radius 3 is 2.75 bits per heavy atom. The number of benzene rings is 1. The molecule has 0 spiro atoms. The number of carbonyl (C=O) groups excluding carboxylic acids is 1. The largest absolute Gasteiger partial charge is 0.469 e. The molecule has 108 valence electrons. The minimum absolute atomic E-state index is 0.206. The molecule has 2 rings (SSSR count). The molecule has 0 radical (unpaired) electrons. The Kier molecular flexibility index (Phi) is 4.45. The third kappa shape index (κ3) is 2.85. The lowest BCUT2D eigenvalue weighted by molar-refractivity contribution is -0.139. The summed E-state index contributed by atoms with van der Waals surface area (Å²) in [5, 5.41) is 1.14. The van der Waals surface area contributed by atoms with Crippen molar-refractivity contribution < 1.29 is 9.53 Å². The van der Waals surface area contributed by atoms with Crippen molar-refractivity contribution in [3.63, 3.8) is 0 Å². The van der Waals surface area contributed by atoms with Crippen LogP contribution in [-0.2, 0) is 22.5 Å². The Morgan fingerprint density at radius 2 is 2.10 bits per heavy atom. The van der Waals surface area contributed by atoms with E-state index < -0.39 is 0 Å². The summed E-state index contributed by atoms with van der Waals surface area (Å²) in [5.74, 6) is -0.206. The first kappa shape index (κ1) is 14.6. The summed E-state index contributed by atoms with van der Waals surface area (Å²) in [5.41, 5.74) is 10.3. The molecule has 0 unspecified atom stereocenters. The molecule has 2 aromatic rings. The van der Waals surface area contributed by atoms with Crippen LogP contribution in [0.25, 0.3) is 10.9 Å². The number of esters is 1. The second-order valence-corrected chi connectivity index (χ2v) is 5.22. The minimum atomic E-state index is -0.206. The van der Waals surface area contributed by atoms with E-state index in [1.165, 1.54) is 23.8 Å². The summed E-state index contributed by atoms with van der Waals surface area (Å²) in [6, 6.07) is 4.31. The second kappa shape index (κ2) is 6.09. The van der Waals surface area contributed by atoms with Crippen molar-refractivity contribution in [2.45, 2.75) is 33.2 Å². The van der Waals surface area contributed by atoms with Gasteiger partial charge in [0.2, 0.25) is 0 Å². The highest BCUT2D eigenvalue weighted by Crippen LogP contribution is 2.27. The number of ether oxygens (including phenoxy) is 1. The lowest BCUT2D eigenvalue weighted by atomic mass is 10.0. The molecule has 0 aliphatic rings. The van der Waals surface area contributed by atoms with E-state index in [4.69, 9.17) is 10.5 Å². The van der Waals surface area contributed by atoms with E-state index in [2.05, 4.69) is 36.7 Å². The van der Waals surface area contributed by atoms with Gasteiger partial charge in [0.25, 0.3) is 0 Å². The number of aryl methyl sites for hydroxylation is 3. The van der Waals surface area contributed by atoms with Gasteiger partial charge in [-0.05, 0) is 44.0 Å². The van der Waals surface area contributed by atoms with E-state index in [1.807, 2.05) is 0 Å². The van der Waals surface area contributed by atoms with E-state index in [9.17, 15) is 4.79 Å². The van der Waals surface area contributed by atoms with Crippen molar-refractivity contribution in [2.75, 3.05) is 13.7 Å². The van der Waals surface area contributed by atoms with Crippen LogP contribution in [0.1, 0.15) is 23.1 Å². The van der Waals surface area contributed by atoms with Crippen molar-refractivity contribution in [3.05, 3.63) is 35.0 Å². The van der Waals surface area contributed by atoms with E-state index in [0.29, 0.717) is 13.0 Å². The number of carbonyl (C=O) groups is 1. The van der Waals surface area contributed by atoms with Gasteiger partial charge in [0, 0.05) is 18.1 Å². The van der Waals surface area contributed by atoms with Crippen LogP contribution >= 0.6 is 0 Å². The first-order valence-electron chi connectivity index (χ1n) is 6.92. The van der Waals surface area contributed by atoms with Crippen LogP contribution in [0.2, 0.25) is 0 Å². The van der Waals surface area contributed by atoms with Gasteiger partial charge >= 0.3 is 5.97 Å². The van der Waals surface area contributed by atoms with Crippen LogP contribution in [0.3, 0.4) is 0 Å². The molecule has 2 N–H and O–H groups in total. The number of hydrogen-bond acceptors (Lipinski definition) is 3. The maximum atomic E-state index is 11.6. The van der Waals surface area contributed by atoms with Crippen LogP contribution in [0, 0.1) is 13.8 Å². The molecular formula is C16H22N2O2. The third-order valence-corrected chi connectivity index (χ3v) is 3.56. The molecule has 0 aliphatic carbocycles. The molecule has 4 heteroatoms. The van der Waals surface area contributed by atoms with Gasteiger partial charge in [0.15, 0.2) is 0 Å². The molecule has 0 bridgehead atoms. The Balaban J connectivity index is 2.54. The van der Waals surface area contributed by atoms with Gasteiger partial charge in [-0.25, -0.2) is 0 Å². The minimum Gasteiger partial charge on any atom is -0.469 e. The van der Waals surface area contributed by atoms with E-state index in [0.717, 1.165) is 23.9 Å². The number of aromatic nitrogens is 1. The molecule has 1 aromatic carbocycles. The summed E-state index contributed by atoms with van der Waals surface area (Å²) >= 11 is 0. The molecule has 20 heavy (non-hydrogen) atoms. The normalized spacial score (nSPS) is 11.0. The highest BCUT2D eigenvalue weighted by Gasteiger charge is 2.14. The highest BCUT2D eigenvalue weighted by atomic mass is 16.5. The van der Waals surface area contributed by atoms with Crippen LogP contribution in [0.4, 0.5) is 0 Å². The van der Waals surface area contributed by atoms with Gasteiger partial charge in [-0.2, -0.15) is 0 Å². The first-order chi connectivity index (χ1) is 9.56. The van der Waals surface area contributed by atoms with Crippen molar-refractivity contribution in [1.29, 1.82) is 0 Å². The average Bonchev–Trinajstić information content (AvgIpc) is 2.74. The monoisotopic (exact) mass is 274 g/mol. The van der Waals surface area contributed by atoms with E-state index in [1.54, 1.807) is 0 Å². The van der Waals surface area contributed by atoms with E-state index >= 15 is 0 Å². The third-order valence-electron chi connectivity index (χ3n) is 3.56. The molecule has 0 fully saturated rings. The number of nitrogens with zero attached hydrogens (tertiary/aromatic N) is 1. The maximum absolute atomic E-state index is 11.6. The number of rotatable bonds is 5. The quantitative estimate of drug-likeness (QED) is 0.851. The molecule has 0 atom stereocenters. The van der Waals surface area contributed by atoms with Gasteiger partial charge in [0.05, 0.1) is 19.0 Å². The molecule has 1 heterocycles. The van der Waals surface area contributed by atoms with Gasteiger partial charge in [-0.3, -0.25) is 4.79 Å². The Morgan fingerprint density at radius 1 is 1.35 bits per heavy atom. The van der Waals surface area contributed by atoms with Crippen molar-refractivity contribution >= 4 is 16.9 Å². The first-order valence-corrected chi connectivity index (χ1v) is 6.92. The fourth-order valence-corrected chi connectivity index (χ4v) is 2.71. The van der Waals surface area contributed by atoms with Crippen molar-refractivity contribution in [3.8, 4) is 0 Å². The maximum Gasteiger partial charge on any atom is 0.310 e. The molecule has 0 aliphatic heterocycles. The van der Waals surface area contributed by atoms with Crippen LogP contribution in [-0.4, -0.2) is 24.2 Å². The van der Waals surface area contributed by atoms with Gasteiger partial charge in [0.1, 0.15) is 0 Å². The smallest absolute Gasteiger partial charge is 0.310 e. The second-order valence-electron chi connectivity index (χ2n) is 5.22. The molecular weight excluding hydrogens is 252 g/mol. The highest BCUT2D eigenvalue weighted by molar-refractivity contribution is 5.90. The van der Waals surface area contributed by atoms with Gasteiger partial charge < -0.3 is 15.0 Å². The summed E-state index contributed by atoms with van der Waals surface area (Å²) in [6.07, 6.45) is 3.30. The van der Waals surface area contributed by atoms with Crippen molar-refractivity contribution in [1.82, 2.24) is 4.57 Å². The van der Waals surface area contributed by atoms with Crippen LogP contribution in [0.5, 0.6) is 0 Å². The van der Waals surface area contributed by atoms with Gasteiger partial charge in [-0.15, -0.1) is 0 Å². The summed E-state index contributed by atoms with van der Waals surface area (Å²) < 4.78 is 6.99. The lowest BCUT2D eigenvalue weighted by Gasteiger charge is -2.07. The SMILES string of the molecule is COC(=O)Cc1cn(CCCN)c2c(C)cc(C)cc12. The summed E-state index contributed by atoms with van der Waals surface area (Å²) in [4.78, 5) is 11.6. The standard InChI is InChI=1S/C16H22N2O2/c1-11-7-12(2)16-14(8-11)13(9-15(19)20-3)10-18(16)6-4-5-17/h7-8,10H,4-6,9,17H2,1-3H3. The lowest BCUT2D eigenvalue weighted by Crippen LogP contribution is -2.06. The fraction of sp³-hybridized carbons (Fsp3) is 0.438. The zero-order valence-electron chi connectivity index (χ0n) is 12.4. The Bertz CT molecular complexity index is 629. The van der Waals surface area contributed by atoms with Crippen LogP contribution in [0.15, 0.2) is 18.3 Å². The molecule has 4 nitrogen and oxygen atoms in total. The number of methoxy groups -OCH3 is 1. The molecule has 0 saturated carbocycles. The Labute approximate surface area is 119 Å². The predicted octanol–water partition coefficient (Wildman–Crippen LogP) is 2.32.